The smallest absolute Gasteiger partial charge is 0.252 e. The Morgan fingerprint density at radius 2 is 0.949 bits per heavy atom. The minimum atomic E-state index is -0.816. The molecule has 4 aliphatic heterocycles. The van der Waals surface area contributed by atoms with E-state index < -0.39 is 46.4 Å². The summed E-state index contributed by atoms with van der Waals surface area (Å²) in [7, 11) is 0. The van der Waals surface area contributed by atoms with E-state index in [0.717, 1.165) is 47.9 Å². The summed E-state index contributed by atoms with van der Waals surface area (Å²) in [4.78, 5) is 24.3. The second-order valence-corrected chi connectivity index (χ2v) is 21.1. The lowest BCUT2D eigenvalue weighted by Gasteiger charge is -2.64. The van der Waals surface area contributed by atoms with Crippen LogP contribution >= 0.6 is 0 Å². The fourth-order valence-corrected chi connectivity index (χ4v) is 14.6. The Labute approximate surface area is 346 Å². The first kappa shape index (κ1) is 42.1. The van der Waals surface area contributed by atoms with Gasteiger partial charge in [-0.05, 0) is 85.2 Å². The fourth-order valence-electron chi connectivity index (χ4n) is 14.6. The number of ether oxygens (including phenoxy) is 2. The molecule has 4 heterocycles. The molecule has 4 aliphatic carbocycles. The summed E-state index contributed by atoms with van der Waals surface area (Å²) < 4.78 is 13.6. The zero-order valence-corrected chi connectivity index (χ0v) is 35.7. The average Bonchev–Trinajstić information content (AvgIpc) is 3.94. The van der Waals surface area contributed by atoms with Gasteiger partial charge in [0.2, 0.25) is 0 Å². The quantitative estimate of drug-likeness (QED) is 0.189. The van der Waals surface area contributed by atoms with E-state index in [1.807, 2.05) is 27.7 Å². The molecule has 12 atom stereocenters. The first-order valence-corrected chi connectivity index (χ1v) is 21.5. The number of phenolic OH excluding ortho intramolecular Hbond substituents is 2. The Hall–Kier alpha value is -3.62. The molecule has 8 aliphatic rings. The molecule has 13 heteroatoms. The van der Waals surface area contributed by atoms with Crippen LogP contribution in [0.25, 0.3) is 0 Å². The van der Waals surface area contributed by atoms with Crippen molar-refractivity contribution in [1.29, 1.82) is 0 Å². The number of aliphatic hydroxyl groups is 4. The van der Waals surface area contributed by atoms with Crippen molar-refractivity contribution in [2.45, 2.75) is 155 Å². The highest BCUT2D eigenvalue weighted by Gasteiger charge is 2.70. The number of carbonyl (C=O) groups is 2. The largest absolute Gasteiger partial charge is 0.508 e. The number of amides is 2. The SMILES string of the molecule is C[C@@H]1CC[C@H]2C(C)(C)[C@H](O)[C@H](O)C[C@]2(C)[C@@]12Cc1c(O)cc3c(c1O2)CNC3=O.C[C@@H]1CC[C@H]2C(C)(C)[C@H](O)[C@H](O)C[C@]2(C)[C@@]12Cc1c(O)cc3c(c1O2)CNC3=O.O. The highest BCUT2D eigenvalue weighted by Crippen LogP contribution is 2.69. The molecule has 0 bridgehead atoms. The number of fused-ring (bicyclic) bond motifs is 10. The maximum atomic E-state index is 12.2. The third kappa shape index (κ3) is 5.26. The second kappa shape index (κ2) is 13.2. The van der Waals surface area contributed by atoms with Gasteiger partial charge in [-0.25, -0.2) is 0 Å². The lowest BCUT2D eigenvalue weighted by atomic mass is 9.43. The Morgan fingerprint density at radius 3 is 1.31 bits per heavy atom. The Morgan fingerprint density at radius 1 is 0.593 bits per heavy atom. The van der Waals surface area contributed by atoms with Gasteiger partial charge in [-0.3, -0.25) is 9.59 Å². The van der Waals surface area contributed by atoms with Crippen LogP contribution in [0, 0.1) is 45.3 Å². The molecule has 59 heavy (non-hydrogen) atoms. The van der Waals surface area contributed by atoms with Crippen molar-refractivity contribution >= 4 is 11.8 Å². The standard InChI is InChI=1S/2C23H31NO5.H2O/c2*1-11-5-6-17-21(2,3)19(27)16(26)9-22(17,4)23(11)8-13-15(25)7-12-14(18(13)29-23)10-24-20(12)28;/h2*7,11,16-17,19,25-27H,5-6,8-10H2,1-4H3,(H,24,28);1H2/t2*11-,16-,17+,19-,22+,23-;/m11./s1. The first-order valence-electron chi connectivity index (χ1n) is 21.5. The van der Waals surface area contributed by atoms with Crippen LogP contribution in [-0.4, -0.2) is 83.5 Å². The van der Waals surface area contributed by atoms with Crippen molar-refractivity contribution in [2.24, 2.45) is 45.3 Å². The number of hydrogen-bond acceptors (Lipinski definition) is 10. The number of phenols is 2. The number of hydrogen-bond donors (Lipinski definition) is 8. The second-order valence-electron chi connectivity index (χ2n) is 21.1. The number of carbonyl (C=O) groups excluding carboxylic acids is 2. The van der Waals surface area contributed by atoms with Crippen molar-refractivity contribution in [1.82, 2.24) is 10.6 Å². The predicted molar refractivity (Wildman–Crippen MR) is 217 cm³/mol. The molecule has 324 valence electrons. The van der Waals surface area contributed by atoms with Gasteiger partial charge in [-0.15, -0.1) is 0 Å². The molecule has 0 aromatic heterocycles. The average molecular weight is 821 g/mol. The normalized spacial score (nSPS) is 41.4. The van der Waals surface area contributed by atoms with E-state index in [4.69, 9.17) is 9.47 Å². The lowest BCUT2D eigenvalue weighted by Crippen LogP contribution is -2.69. The predicted octanol–water partition coefficient (Wildman–Crippen LogP) is 4.20. The zero-order valence-electron chi connectivity index (χ0n) is 35.7. The Bertz CT molecular complexity index is 1970. The third-order valence-electron chi connectivity index (χ3n) is 17.9. The minimum absolute atomic E-state index is 0. The van der Waals surface area contributed by atoms with E-state index in [0.29, 0.717) is 61.4 Å². The zero-order chi connectivity index (χ0) is 41.9. The summed E-state index contributed by atoms with van der Waals surface area (Å²) in [5.41, 5.74) is 1.36. The van der Waals surface area contributed by atoms with Gasteiger partial charge in [-0.1, -0.05) is 55.4 Å². The fraction of sp³-hybridized carbons (Fsp3) is 0.696. The maximum Gasteiger partial charge on any atom is 0.252 e. The van der Waals surface area contributed by atoms with Crippen LogP contribution < -0.4 is 20.1 Å². The summed E-state index contributed by atoms with van der Waals surface area (Å²) in [5.74, 6) is 1.94. The number of benzene rings is 2. The van der Waals surface area contributed by atoms with Crippen LogP contribution in [0.2, 0.25) is 0 Å². The van der Waals surface area contributed by atoms with Gasteiger partial charge in [0.1, 0.15) is 34.2 Å². The summed E-state index contributed by atoms with van der Waals surface area (Å²) in [6, 6.07) is 3.13. The van der Waals surface area contributed by atoms with E-state index in [1.165, 1.54) is 0 Å². The van der Waals surface area contributed by atoms with E-state index in [2.05, 4.69) is 38.3 Å². The van der Waals surface area contributed by atoms with Gasteiger partial charge in [-0.2, -0.15) is 0 Å². The van der Waals surface area contributed by atoms with E-state index in [-0.39, 0.29) is 63.3 Å². The summed E-state index contributed by atoms with van der Waals surface area (Å²) in [6.07, 6.45) is 2.73. The van der Waals surface area contributed by atoms with E-state index in [1.54, 1.807) is 12.1 Å². The number of aromatic hydroxyl groups is 2. The molecule has 2 spiro atoms. The van der Waals surface area contributed by atoms with Crippen molar-refractivity contribution in [3.05, 3.63) is 45.5 Å². The molecule has 4 saturated carbocycles. The van der Waals surface area contributed by atoms with Gasteiger partial charge < -0.3 is 56.2 Å². The molecule has 0 radical (unpaired) electrons. The molecular weight excluding hydrogens is 757 g/mol. The van der Waals surface area contributed by atoms with Crippen LogP contribution in [0.4, 0.5) is 0 Å². The molecule has 2 aromatic rings. The topological polar surface area (TPSA) is 230 Å². The number of aliphatic hydroxyl groups excluding tert-OH is 4. The van der Waals surface area contributed by atoms with Crippen LogP contribution in [0.5, 0.6) is 23.0 Å². The highest BCUT2D eigenvalue weighted by atomic mass is 16.5. The van der Waals surface area contributed by atoms with Crippen molar-refractivity contribution in [2.75, 3.05) is 0 Å². The summed E-state index contributed by atoms with van der Waals surface area (Å²) >= 11 is 0. The highest BCUT2D eigenvalue weighted by molar-refractivity contribution is 6.00. The van der Waals surface area contributed by atoms with Crippen molar-refractivity contribution < 1.29 is 55.2 Å². The van der Waals surface area contributed by atoms with Crippen molar-refractivity contribution in [3.63, 3.8) is 0 Å². The van der Waals surface area contributed by atoms with Crippen LogP contribution in [0.3, 0.4) is 0 Å². The third-order valence-corrected chi connectivity index (χ3v) is 17.9. The van der Waals surface area contributed by atoms with Gasteiger partial charge in [0, 0.05) is 59.0 Å². The maximum absolute atomic E-state index is 12.2. The molecule has 10 rings (SSSR count). The summed E-state index contributed by atoms with van der Waals surface area (Å²) in [6.45, 7) is 17.8. The molecule has 4 fully saturated rings. The van der Waals surface area contributed by atoms with Crippen molar-refractivity contribution in [3.8, 4) is 23.0 Å². The van der Waals surface area contributed by atoms with E-state index in [9.17, 15) is 40.2 Å². The van der Waals surface area contributed by atoms with Gasteiger partial charge in [0.25, 0.3) is 11.8 Å². The minimum Gasteiger partial charge on any atom is -0.508 e. The molecule has 0 unspecified atom stereocenters. The molecule has 2 aromatic carbocycles. The van der Waals surface area contributed by atoms with Crippen LogP contribution in [-0.2, 0) is 25.9 Å². The van der Waals surface area contributed by atoms with E-state index >= 15 is 0 Å². The van der Waals surface area contributed by atoms with Crippen LogP contribution in [0.15, 0.2) is 12.1 Å². The Balaban J connectivity index is 0.000000161. The monoisotopic (exact) mass is 820 g/mol. The molecular formula is C46H64N2O11. The number of nitrogens with one attached hydrogen (secondary N) is 2. The molecule has 10 N–H and O–H groups in total. The summed E-state index contributed by atoms with van der Waals surface area (Å²) in [5, 5.41) is 70.3. The molecule has 0 saturated heterocycles. The van der Waals surface area contributed by atoms with Gasteiger partial charge in [0.15, 0.2) is 0 Å². The molecule has 2 amide bonds. The van der Waals surface area contributed by atoms with Gasteiger partial charge >= 0.3 is 0 Å². The van der Waals surface area contributed by atoms with Gasteiger partial charge in [0.05, 0.1) is 35.5 Å². The Kier molecular flexibility index (Phi) is 9.41. The molecule has 13 nitrogen and oxygen atoms in total. The first-order chi connectivity index (χ1) is 27.1. The number of rotatable bonds is 0. The lowest BCUT2D eigenvalue weighted by molar-refractivity contribution is -0.240. The van der Waals surface area contributed by atoms with Crippen LogP contribution in [0.1, 0.15) is 137 Å².